The number of aromatic nitrogens is 4. The van der Waals surface area contributed by atoms with Crippen molar-refractivity contribution in [1.82, 2.24) is 20.2 Å². The quantitative estimate of drug-likeness (QED) is 0.473. The number of H-pyrrole nitrogens is 1. The van der Waals surface area contributed by atoms with E-state index in [1.54, 1.807) is 12.5 Å². The van der Waals surface area contributed by atoms with Crippen LogP contribution in [0, 0.1) is 0 Å². The minimum absolute atomic E-state index is 0.753. The number of fused-ring (bicyclic) bond motifs is 1. The van der Waals surface area contributed by atoms with Crippen LogP contribution in [0.4, 0.5) is 5.82 Å². The van der Waals surface area contributed by atoms with Gasteiger partial charge in [0.25, 0.3) is 0 Å². The molecule has 0 radical (unpaired) electrons. The summed E-state index contributed by atoms with van der Waals surface area (Å²) in [5.41, 5.74) is 4.51. The lowest BCUT2D eigenvalue weighted by Gasteiger charge is -2.09. The van der Waals surface area contributed by atoms with Crippen LogP contribution in [0.25, 0.3) is 16.6 Å². The van der Waals surface area contributed by atoms with E-state index in [4.69, 9.17) is 0 Å². The molecule has 0 aliphatic heterocycles. The number of aromatic amines is 1. The first-order valence-corrected chi connectivity index (χ1v) is 9.11. The molecule has 2 aromatic carbocycles. The highest BCUT2D eigenvalue weighted by Gasteiger charge is 2.05. The predicted molar refractivity (Wildman–Crippen MR) is 109 cm³/mol. The van der Waals surface area contributed by atoms with E-state index in [2.05, 4.69) is 80.1 Å². The summed E-state index contributed by atoms with van der Waals surface area (Å²) in [6.07, 6.45) is 7.60. The minimum atomic E-state index is 0.753. The van der Waals surface area contributed by atoms with E-state index in [0.29, 0.717) is 0 Å². The monoisotopic (exact) mass is 355 g/mol. The van der Waals surface area contributed by atoms with Gasteiger partial charge in [-0.25, -0.2) is 9.97 Å². The average Bonchev–Trinajstić information content (AvgIpc) is 3.22. The molecule has 0 amide bonds. The van der Waals surface area contributed by atoms with Gasteiger partial charge < -0.3 is 5.32 Å². The van der Waals surface area contributed by atoms with Gasteiger partial charge in [0.2, 0.25) is 0 Å². The number of nitrogens with zero attached hydrogens (tertiary/aromatic N) is 3. The Morgan fingerprint density at radius 3 is 2.33 bits per heavy atom. The van der Waals surface area contributed by atoms with Crippen molar-refractivity contribution >= 4 is 22.4 Å². The normalized spacial score (nSPS) is 10.7. The maximum absolute atomic E-state index is 4.31. The Kier molecular flexibility index (Phi) is 5.20. The summed E-state index contributed by atoms with van der Waals surface area (Å²) in [5.74, 6) is 0.823. The van der Waals surface area contributed by atoms with Crippen LogP contribution in [-0.4, -0.2) is 26.7 Å². The highest BCUT2D eigenvalue weighted by atomic mass is 15.2. The summed E-state index contributed by atoms with van der Waals surface area (Å²) in [7, 11) is 0. The van der Waals surface area contributed by atoms with Gasteiger partial charge in [-0.1, -0.05) is 66.7 Å². The fraction of sp³-hybridized carbons (Fsp3) is 0.136. The maximum atomic E-state index is 4.31. The molecule has 0 bridgehead atoms. The van der Waals surface area contributed by atoms with E-state index in [0.717, 1.165) is 36.2 Å². The molecule has 5 heteroatoms. The Balaban J connectivity index is 1.43. The number of unbranched alkanes of at least 4 members (excludes halogenated alkanes) is 1. The molecule has 2 heterocycles. The Labute approximate surface area is 158 Å². The van der Waals surface area contributed by atoms with Crippen molar-refractivity contribution < 1.29 is 0 Å². The lowest BCUT2D eigenvalue weighted by Crippen LogP contribution is -2.03. The Bertz CT molecular complexity index is 981. The Hall–Kier alpha value is -3.47. The molecule has 0 aliphatic rings. The average molecular weight is 355 g/mol. The summed E-state index contributed by atoms with van der Waals surface area (Å²) < 4.78 is 0. The van der Waals surface area contributed by atoms with Gasteiger partial charge in [-0.3, -0.25) is 5.10 Å². The van der Waals surface area contributed by atoms with E-state index in [1.807, 2.05) is 12.1 Å². The molecule has 0 atom stereocenters. The van der Waals surface area contributed by atoms with Crippen LogP contribution < -0.4 is 5.32 Å². The highest BCUT2D eigenvalue weighted by molar-refractivity contribution is 5.85. The van der Waals surface area contributed by atoms with Crippen LogP contribution in [0.2, 0.25) is 0 Å². The van der Waals surface area contributed by atoms with Crippen LogP contribution in [0.5, 0.6) is 0 Å². The van der Waals surface area contributed by atoms with Crippen molar-refractivity contribution in [2.45, 2.75) is 12.8 Å². The molecule has 0 unspecified atom stereocenters. The standard InChI is InChI=1S/C22H21N5/c1-3-9-17(10-4-1)19(18-11-5-2-6-12-18)13-7-8-14-23-21-20-15-26-27-22(20)25-16-24-21/h1-6,9-13,15-16H,7-8,14H2,(H2,23,24,25,26,27). The van der Waals surface area contributed by atoms with Gasteiger partial charge in [-0.2, -0.15) is 5.10 Å². The number of nitrogens with one attached hydrogen (secondary N) is 2. The van der Waals surface area contributed by atoms with E-state index in [-0.39, 0.29) is 0 Å². The predicted octanol–water partition coefficient (Wildman–Crippen LogP) is 4.68. The first-order valence-electron chi connectivity index (χ1n) is 9.11. The van der Waals surface area contributed by atoms with Crippen LogP contribution in [0.15, 0.2) is 79.3 Å². The molecule has 4 aromatic rings. The second-order valence-corrected chi connectivity index (χ2v) is 6.27. The van der Waals surface area contributed by atoms with Crippen molar-refractivity contribution in [3.63, 3.8) is 0 Å². The lowest BCUT2D eigenvalue weighted by molar-refractivity contribution is 0.885. The van der Waals surface area contributed by atoms with Gasteiger partial charge in [0.15, 0.2) is 5.65 Å². The zero-order valence-electron chi connectivity index (χ0n) is 15.0. The molecule has 4 rings (SSSR count). The van der Waals surface area contributed by atoms with Crippen molar-refractivity contribution in [3.05, 3.63) is 90.4 Å². The number of allylic oxidation sites excluding steroid dienone is 1. The van der Waals surface area contributed by atoms with Crippen LogP contribution in [0.1, 0.15) is 24.0 Å². The van der Waals surface area contributed by atoms with Crippen molar-refractivity contribution in [3.8, 4) is 0 Å². The summed E-state index contributed by atoms with van der Waals surface area (Å²) in [4.78, 5) is 8.47. The molecule has 134 valence electrons. The smallest absolute Gasteiger partial charge is 0.160 e. The van der Waals surface area contributed by atoms with Crippen LogP contribution in [-0.2, 0) is 0 Å². The molecule has 0 saturated heterocycles. The third kappa shape index (κ3) is 4.03. The molecular weight excluding hydrogens is 334 g/mol. The lowest BCUT2D eigenvalue weighted by atomic mass is 9.96. The van der Waals surface area contributed by atoms with Crippen LogP contribution >= 0.6 is 0 Å². The second kappa shape index (κ2) is 8.27. The zero-order chi connectivity index (χ0) is 18.3. The topological polar surface area (TPSA) is 66.5 Å². The molecule has 27 heavy (non-hydrogen) atoms. The van der Waals surface area contributed by atoms with Crippen LogP contribution in [0.3, 0.4) is 0 Å². The van der Waals surface area contributed by atoms with E-state index in [1.165, 1.54) is 16.7 Å². The number of benzene rings is 2. The third-order valence-electron chi connectivity index (χ3n) is 4.44. The van der Waals surface area contributed by atoms with Crippen molar-refractivity contribution in [2.75, 3.05) is 11.9 Å². The summed E-state index contributed by atoms with van der Waals surface area (Å²) >= 11 is 0. The van der Waals surface area contributed by atoms with Gasteiger partial charge >= 0.3 is 0 Å². The zero-order valence-corrected chi connectivity index (χ0v) is 15.0. The largest absolute Gasteiger partial charge is 0.369 e. The molecular formula is C22H21N5. The molecule has 0 saturated carbocycles. The first kappa shape index (κ1) is 17.0. The van der Waals surface area contributed by atoms with Crippen molar-refractivity contribution in [1.29, 1.82) is 0 Å². The van der Waals surface area contributed by atoms with E-state index in [9.17, 15) is 0 Å². The number of hydrogen-bond acceptors (Lipinski definition) is 4. The van der Waals surface area contributed by atoms with E-state index < -0.39 is 0 Å². The Morgan fingerprint density at radius 2 is 1.63 bits per heavy atom. The van der Waals surface area contributed by atoms with Gasteiger partial charge in [0.1, 0.15) is 12.1 Å². The minimum Gasteiger partial charge on any atom is -0.369 e. The fourth-order valence-corrected chi connectivity index (χ4v) is 3.10. The van der Waals surface area contributed by atoms with Gasteiger partial charge in [-0.05, 0) is 29.5 Å². The Morgan fingerprint density at radius 1 is 0.926 bits per heavy atom. The molecule has 2 aromatic heterocycles. The number of anilines is 1. The third-order valence-corrected chi connectivity index (χ3v) is 4.44. The summed E-state index contributed by atoms with van der Waals surface area (Å²) in [6, 6.07) is 21.1. The molecule has 0 fully saturated rings. The van der Waals surface area contributed by atoms with Crippen molar-refractivity contribution in [2.24, 2.45) is 0 Å². The van der Waals surface area contributed by atoms with Gasteiger partial charge in [-0.15, -0.1) is 0 Å². The molecule has 5 nitrogen and oxygen atoms in total. The molecule has 0 spiro atoms. The number of rotatable bonds is 7. The summed E-state index contributed by atoms with van der Waals surface area (Å²) in [5, 5.41) is 11.2. The van der Waals surface area contributed by atoms with Gasteiger partial charge in [0.05, 0.1) is 11.6 Å². The molecule has 0 aliphatic carbocycles. The fourth-order valence-electron chi connectivity index (χ4n) is 3.10. The first-order chi connectivity index (χ1) is 13.4. The SMILES string of the molecule is C(CCCNc1ncnc2[nH]ncc12)=C(c1ccccc1)c1ccccc1. The number of hydrogen-bond donors (Lipinski definition) is 2. The highest BCUT2D eigenvalue weighted by Crippen LogP contribution is 2.24. The van der Waals surface area contributed by atoms with E-state index >= 15 is 0 Å². The second-order valence-electron chi connectivity index (χ2n) is 6.27. The van der Waals surface area contributed by atoms with Gasteiger partial charge in [0, 0.05) is 6.54 Å². The molecule has 2 N–H and O–H groups in total. The summed E-state index contributed by atoms with van der Waals surface area (Å²) in [6.45, 7) is 0.838. The maximum Gasteiger partial charge on any atom is 0.160 e.